The van der Waals surface area contributed by atoms with Crippen molar-refractivity contribution in [1.82, 2.24) is 0 Å². The van der Waals surface area contributed by atoms with E-state index in [-0.39, 0.29) is 0 Å². The van der Waals surface area contributed by atoms with Crippen molar-refractivity contribution in [3.63, 3.8) is 0 Å². The summed E-state index contributed by atoms with van der Waals surface area (Å²) in [6.07, 6.45) is 5.19. The molecule has 14 heavy (non-hydrogen) atoms. The highest BCUT2D eigenvalue weighted by Crippen LogP contribution is 2.25. The van der Waals surface area contributed by atoms with Crippen LogP contribution in [0.2, 0.25) is 0 Å². The van der Waals surface area contributed by atoms with Crippen LogP contribution >= 0.6 is 0 Å². The van der Waals surface area contributed by atoms with Gasteiger partial charge in [0, 0.05) is 18.8 Å². The van der Waals surface area contributed by atoms with Gasteiger partial charge < -0.3 is 4.90 Å². The second kappa shape index (κ2) is 4.50. The van der Waals surface area contributed by atoms with Crippen LogP contribution in [-0.4, -0.2) is 13.1 Å². The lowest BCUT2D eigenvalue weighted by atomic mass is 10.1. The van der Waals surface area contributed by atoms with Gasteiger partial charge in [0.2, 0.25) is 0 Å². The van der Waals surface area contributed by atoms with Gasteiger partial charge in [0.15, 0.2) is 0 Å². The molecule has 1 aromatic carbocycles. The van der Waals surface area contributed by atoms with Crippen LogP contribution in [0.4, 0.5) is 5.69 Å². The van der Waals surface area contributed by atoms with Crippen LogP contribution in [0.1, 0.15) is 31.7 Å². The Morgan fingerprint density at radius 1 is 1.21 bits per heavy atom. The molecule has 0 atom stereocenters. The minimum Gasteiger partial charge on any atom is -0.371 e. The largest absolute Gasteiger partial charge is 0.371 e. The number of hydrogen-bond acceptors (Lipinski definition) is 1. The van der Waals surface area contributed by atoms with Gasteiger partial charge in [-0.3, -0.25) is 0 Å². The zero-order valence-electron chi connectivity index (χ0n) is 9.00. The molecular formula is C13H19N. The molecule has 0 bridgehead atoms. The Hall–Kier alpha value is -0.980. The van der Waals surface area contributed by atoms with Crippen molar-refractivity contribution in [2.24, 2.45) is 0 Å². The van der Waals surface area contributed by atoms with Crippen LogP contribution in [-0.2, 0) is 6.42 Å². The molecule has 0 amide bonds. The summed E-state index contributed by atoms with van der Waals surface area (Å²) >= 11 is 0. The Morgan fingerprint density at radius 2 is 2.07 bits per heavy atom. The van der Waals surface area contributed by atoms with E-state index in [0.29, 0.717) is 0 Å². The predicted molar refractivity (Wildman–Crippen MR) is 61.9 cm³/mol. The summed E-state index contributed by atoms with van der Waals surface area (Å²) in [4.78, 5) is 2.54. The van der Waals surface area contributed by atoms with Crippen LogP contribution in [0.3, 0.4) is 0 Å². The van der Waals surface area contributed by atoms with Crippen LogP contribution in [0, 0.1) is 0 Å². The summed E-state index contributed by atoms with van der Waals surface area (Å²) in [5.74, 6) is 0. The number of aryl methyl sites for hydroxylation is 1. The number of nitrogens with zero attached hydrogens (tertiary/aromatic N) is 1. The molecule has 0 radical (unpaired) electrons. The number of rotatable bonds is 2. The number of hydrogen-bond donors (Lipinski definition) is 0. The van der Waals surface area contributed by atoms with Crippen LogP contribution < -0.4 is 4.90 Å². The standard InChI is InChI=1S/C13H19N/c1-2-10-14-11-6-5-8-12-7-3-4-9-13(12)14/h3-4,7,9H,2,5-6,8,10-11H2,1H3. The van der Waals surface area contributed by atoms with Crippen molar-refractivity contribution >= 4 is 5.69 Å². The summed E-state index contributed by atoms with van der Waals surface area (Å²) in [6, 6.07) is 8.88. The second-order valence-electron chi connectivity index (χ2n) is 4.07. The first-order valence-corrected chi connectivity index (χ1v) is 5.74. The van der Waals surface area contributed by atoms with E-state index < -0.39 is 0 Å². The lowest BCUT2D eigenvalue weighted by Crippen LogP contribution is -2.24. The van der Waals surface area contributed by atoms with E-state index in [1.165, 1.54) is 44.5 Å². The third kappa shape index (κ3) is 1.92. The topological polar surface area (TPSA) is 3.24 Å². The average Bonchev–Trinajstić information content (AvgIpc) is 2.42. The van der Waals surface area contributed by atoms with Gasteiger partial charge in [-0.1, -0.05) is 25.1 Å². The van der Waals surface area contributed by atoms with Crippen molar-refractivity contribution in [3.05, 3.63) is 29.8 Å². The molecule has 0 saturated carbocycles. The number of fused-ring (bicyclic) bond motifs is 1. The zero-order valence-corrected chi connectivity index (χ0v) is 9.00. The fourth-order valence-corrected chi connectivity index (χ4v) is 2.27. The van der Waals surface area contributed by atoms with Gasteiger partial charge in [-0.25, -0.2) is 0 Å². The van der Waals surface area contributed by atoms with Crippen LogP contribution in [0.25, 0.3) is 0 Å². The molecule has 1 aliphatic heterocycles. The molecule has 1 heterocycles. The first kappa shape index (κ1) is 9.57. The molecular weight excluding hydrogens is 170 g/mol. The average molecular weight is 189 g/mol. The van der Waals surface area contributed by atoms with Crippen molar-refractivity contribution in [1.29, 1.82) is 0 Å². The summed E-state index contributed by atoms with van der Waals surface area (Å²) in [5, 5.41) is 0. The van der Waals surface area contributed by atoms with Crippen molar-refractivity contribution in [3.8, 4) is 0 Å². The maximum absolute atomic E-state index is 2.54. The van der Waals surface area contributed by atoms with E-state index >= 15 is 0 Å². The molecule has 0 saturated heterocycles. The Labute approximate surface area is 86.7 Å². The fourth-order valence-electron chi connectivity index (χ4n) is 2.27. The van der Waals surface area contributed by atoms with Crippen molar-refractivity contribution in [2.45, 2.75) is 32.6 Å². The van der Waals surface area contributed by atoms with E-state index in [4.69, 9.17) is 0 Å². The Bertz CT molecular complexity index is 293. The molecule has 0 unspecified atom stereocenters. The third-order valence-electron chi connectivity index (χ3n) is 2.95. The minimum absolute atomic E-state index is 1.21. The quantitative estimate of drug-likeness (QED) is 0.690. The molecule has 1 aromatic rings. The highest BCUT2D eigenvalue weighted by atomic mass is 15.1. The van der Waals surface area contributed by atoms with E-state index in [9.17, 15) is 0 Å². The SMILES string of the molecule is CCCN1CCCCc2ccccc21. The summed E-state index contributed by atoms with van der Waals surface area (Å²) in [7, 11) is 0. The molecule has 1 nitrogen and oxygen atoms in total. The molecule has 0 N–H and O–H groups in total. The van der Waals surface area contributed by atoms with Crippen LogP contribution in [0.5, 0.6) is 0 Å². The highest BCUT2D eigenvalue weighted by Gasteiger charge is 2.12. The molecule has 1 heteroatoms. The summed E-state index contributed by atoms with van der Waals surface area (Å²) in [6.45, 7) is 4.70. The Balaban J connectivity index is 2.27. The van der Waals surface area contributed by atoms with Gasteiger partial charge in [-0.15, -0.1) is 0 Å². The maximum atomic E-state index is 2.54. The maximum Gasteiger partial charge on any atom is 0.0398 e. The van der Waals surface area contributed by atoms with E-state index in [1.54, 1.807) is 5.56 Å². The molecule has 0 aliphatic carbocycles. The smallest absolute Gasteiger partial charge is 0.0398 e. The van der Waals surface area contributed by atoms with Gasteiger partial charge >= 0.3 is 0 Å². The zero-order chi connectivity index (χ0) is 9.80. The Morgan fingerprint density at radius 3 is 2.93 bits per heavy atom. The predicted octanol–water partition coefficient (Wildman–Crippen LogP) is 3.24. The third-order valence-corrected chi connectivity index (χ3v) is 2.95. The monoisotopic (exact) mass is 189 g/mol. The van der Waals surface area contributed by atoms with Crippen LogP contribution in [0.15, 0.2) is 24.3 Å². The van der Waals surface area contributed by atoms with Gasteiger partial charge in [0.05, 0.1) is 0 Å². The molecule has 76 valence electrons. The van der Waals surface area contributed by atoms with Gasteiger partial charge in [0.25, 0.3) is 0 Å². The molecule has 2 rings (SSSR count). The molecule has 0 aromatic heterocycles. The number of anilines is 1. The summed E-state index contributed by atoms with van der Waals surface area (Å²) < 4.78 is 0. The first-order valence-electron chi connectivity index (χ1n) is 5.74. The minimum atomic E-state index is 1.21. The van der Waals surface area contributed by atoms with Gasteiger partial charge in [-0.05, 0) is 37.3 Å². The fraction of sp³-hybridized carbons (Fsp3) is 0.538. The van der Waals surface area contributed by atoms with Gasteiger partial charge in [0.1, 0.15) is 0 Å². The lowest BCUT2D eigenvalue weighted by molar-refractivity contribution is 0.705. The number of para-hydroxylation sites is 1. The Kier molecular flexibility index (Phi) is 3.07. The van der Waals surface area contributed by atoms with E-state index in [1.807, 2.05) is 0 Å². The summed E-state index contributed by atoms with van der Waals surface area (Å²) in [5.41, 5.74) is 3.02. The lowest BCUT2D eigenvalue weighted by Gasteiger charge is -2.24. The normalized spacial score (nSPS) is 16.2. The second-order valence-corrected chi connectivity index (χ2v) is 4.07. The first-order chi connectivity index (χ1) is 6.92. The molecule has 0 fully saturated rings. The van der Waals surface area contributed by atoms with E-state index in [2.05, 4.69) is 36.1 Å². The highest BCUT2D eigenvalue weighted by molar-refractivity contribution is 5.54. The molecule has 1 aliphatic rings. The van der Waals surface area contributed by atoms with Crippen molar-refractivity contribution < 1.29 is 0 Å². The van der Waals surface area contributed by atoms with E-state index in [0.717, 1.165) is 0 Å². The van der Waals surface area contributed by atoms with Gasteiger partial charge in [-0.2, -0.15) is 0 Å². The molecule has 0 spiro atoms. The number of benzene rings is 1. The van der Waals surface area contributed by atoms with Crippen molar-refractivity contribution in [2.75, 3.05) is 18.0 Å².